The van der Waals surface area contributed by atoms with Gasteiger partial charge in [-0.05, 0) is 62.3 Å². The fourth-order valence-corrected chi connectivity index (χ4v) is 6.08. The zero-order chi connectivity index (χ0) is 20.0. The number of ether oxygens (including phenoxy) is 1. The zero-order valence-corrected chi connectivity index (χ0v) is 17.7. The van der Waals surface area contributed by atoms with E-state index in [1.807, 2.05) is 0 Å². The fraction of sp³-hybridized carbons (Fsp3) is 0.500. The summed E-state index contributed by atoms with van der Waals surface area (Å²) in [5.74, 6) is 0.922. The van der Waals surface area contributed by atoms with Gasteiger partial charge in [0.05, 0.1) is 18.7 Å². The number of nitrogens with one attached hydrogen (secondary N) is 1. The molecule has 29 heavy (non-hydrogen) atoms. The van der Waals surface area contributed by atoms with Crippen LogP contribution in [0.15, 0.2) is 40.5 Å². The molecule has 1 spiro atoms. The highest BCUT2D eigenvalue weighted by molar-refractivity contribution is 7.99. The highest BCUT2D eigenvalue weighted by Crippen LogP contribution is 2.54. The van der Waals surface area contributed by atoms with E-state index in [1.165, 1.54) is 30.4 Å². The van der Waals surface area contributed by atoms with Gasteiger partial charge in [-0.3, -0.25) is 9.69 Å². The lowest BCUT2D eigenvalue weighted by Gasteiger charge is -2.53. The van der Waals surface area contributed by atoms with Crippen molar-refractivity contribution in [2.45, 2.75) is 55.1 Å². The monoisotopic (exact) mass is 410 g/mol. The van der Waals surface area contributed by atoms with E-state index in [0.29, 0.717) is 11.5 Å². The minimum Gasteiger partial charge on any atom is -0.469 e. The van der Waals surface area contributed by atoms with Crippen molar-refractivity contribution >= 4 is 29.2 Å². The summed E-state index contributed by atoms with van der Waals surface area (Å²) in [6, 6.07) is 7.17. The van der Waals surface area contributed by atoms with Gasteiger partial charge in [0.2, 0.25) is 0 Å². The van der Waals surface area contributed by atoms with Crippen LogP contribution >= 0.6 is 11.8 Å². The summed E-state index contributed by atoms with van der Waals surface area (Å²) >= 11 is 1.66. The Morgan fingerprint density at radius 2 is 2.14 bits per heavy atom. The quantitative estimate of drug-likeness (QED) is 0.648. The molecule has 2 fully saturated rings. The van der Waals surface area contributed by atoms with E-state index < -0.39 is 0 Å². The second-order valence-electron chi connectivity index (χ2n) is 8.67. The number of fused-ring (bicyclic) bond motifs is 2. The van der Waals surface area contributed by atoms with E-state index in [0.717, 1.165) is 42.5 Å². The minimum atomic E-state index is -0.0311. The topological polar surface area (TPSA) is 67.3 Å². The lowest BCUT2D eigenvalue weighted by atomic mass is 9.56. The predicted molar refractivity (Wildman–Crippen MR) is 112 cm³/mol. The van der Waals surface area contributed by atoms with Crippen LogP contribution in [0.5, 0.6) is 0 Å². The maximum atomic E-state index is 11.8. The second-order valence-corrected chi connectivity index (χ2v) is 9.70. The number of esters is 1. The van der Waals surface area contributed by atoms with Crippen LogP contribution in [0.25, 0.3) is 0 Å². The molecule has 1 unspecified atom stereocenters. The molecule has 152 valence electrons. The molecule has 7 heteroatoms. The van der Waals surface area contributed by atoms with Gasteiger partial charge in [-0.1, -0.05) is 17.8 Å². The fourth-order valence-electron chi connectivity index (χ4n) is 5.20. The number of benzene rings is 1. The van der Waals surface area contributed by atoms with Crippen LogP contribution < -0.4 is 5.32 Å². The highest BCUT2D eigenvalue weighted by Gasteiger charge is 2.50. The SMILES string of the molecule is COC(=O)C1CC2(CCN(Cc3ccc4c(c3)Nc3nccnc3S4)C(C)C2)C1. The van der Waals surface area contributed by atoms with Crippen LogP contribution in [0.4, 0.5) is 11.5 Å². The Bertz CT molecular complexity index is 944. The maximum Gasteiger partial charge on any atom is 0.308 e. The minimum absolute atomic E-state index is 0.0311. The van der Waals surface area contributed by atoms with Crippen LogP contribution in [0.2, 0.25) is 0 Å². The Balaban J connectivity index is 1.23. The molecule has 1 aromatic heterocycles. The molecule has 5 rings (SSSR count). The number of hydrogen-bond donors (Lipinski definition) is 1. The Hall–Kier alpha value is -2.12. The molecule has 3 aliphatic rings. The molecule has 1 atom stereocenters. The molecule has 3 heterocycles. The van der Waals surface area contributed by atoms with E-state index in [9.17, 15) is 4.79 Å². The summed E-state index contributed by atoms with van der Waals surface area (Å²) in [7, 11) is 1.50. The molecule has 1 saturated carbocycles. The average Bonchev–Trinajstić information content (AvgIpc) is 2.71. The number of rotatable bonds is 3. The summed E-state index contributed by atoms with van der Waals surface area (Å²) in [6.07, 6.45) is 7.79. The molecular formula is C22H26N4O2S. The van der Waals surface area contributed by atoms with Crippen LogP contribution in [-0.4, -0.2) is 40.5 Å². The molecule has 0 amide bonds. The number of nitrogens with zero attached hydrogens (tertiary/aromatic N) is 3. The predicted octanol–water partition coefficient (Wildman–Crippen LogP) is 4.24. The number of hydrogen-bond acceptors (Lipinski definition) is 7. The van der Waals surface area contributed by atoms with Crippen molar-refractivity contribution in [1.29, 1.82) is 0 Å². The first kappa shape index (κ1) is 18.9. The maximum absolute atomic E-state index is 11.8. The summed E-state index contributed by atoms with van der Waals surface area (Å²) in [5, 5.41) is 4.35. The summed E-state index contributed by atoms with van der Waals surface area (Å²) in [5.41, 5.74) is 2.78. The smallest absolute Gasteiger partial charge is 0.308 e. The third-order valence-electron chi connectivity index (χ3n) is 6.73. The van der Waals surface area contributed by atoms with E-state index in [1.54, 1.807) is 24.2 Å². The number of methoxy groups -OCH3 is 1. The van der Waals surface area contributed by atoms with Gasteiger partial charge in [-0.15, -0.1) is 0 Å². The molecule has 1 aromatic carbocycles. The standard InChI is InChI=1S/C22H26N4O2S/c1-14-10-22(11-16(12-22)21(27)28-2)5-8-26(14)13-15-3-4-18-17(9-15)25-19-20(29-18)24-7-6-23-19/h3-4,6-7,9,14,16H,5,8,10-13H2,1-2H3,(H,23,25). The number of carbonyl (C=O) groups excluding carboxylic acids is 1. The van der Waals surface area contributed by atoms with Crippen molar-refractivity contribution in [3.63, 3.8) is 0 Å². The molecule has 2 aliphatic heterocycles. The van der Waals surface area contributed by atoms with E-state index in [-0.39, 0.29) is 11.9 Å². The first-order valence-electron chi connectivity index (χ1n) is 10.3. The van der Waals surface area contributed by atoms with Gasteiger partial charge >= 0.3 is 5.97 Å². The van der Waals surface area contributed by atoms with Crippen LogP contribution in [-0.2, 0) is 16.1 Å². The van der Waals surface area contributed by atoms with Crippen molar-refractivity contribution in [2.75, 3.05) is 19.0 Å². The Labute approximate surface area is 175 Å². The van der Waals surface area contributed by atoms with Crippen molar-refractivity contribution in [1.82, 2.24) is 14.9 Å². The Kier molecular flexibility index (Phi) is 4.75. The summed E-state index contributed by atoms with van der Waals surface area (Å²) in [6.45, 7) is 4.36. The largest absolute Gasteiger partial charge is 0.469 e. The Morgan fingerprint density at radius 1 is 1.31 bits per heavy atom. The number of carbonyl (C=O) groups is 1. The van der Waals surface area contributed by atoms with Crippen LogP contribution in [0.1, 0.15) is 38.2 Å². The zero-order valence-electron chi connectivity index (χ0n) is 16.9. The van der Waals surface area contributed by atoms with Gasteiger partial charge in [0, 0.05) is 29.9 Å². The van der Waals surface area contributed by atoms with E-state index in [4.69, 9.17) is 4.74 Å². The average molecular weight is 411 g/mol. The van der Waals surface area contributed by atoms with Gasteiger partial charge in [0.15, 0.2) is 5.82 Å². The van der Waals surface area contributed by atoms with Gasteiger partial charge in [0.25, 0.3) is 0 Å². The molecular weight excluding hydrogens is 384 g/mol. The molecule has 1 N–H and O–H groups in total. The molecule has 2 aromatic rings. The lowest BCUT2D eigenvalue weighted by Crippen LogP contribution is -2.52. The molecule has 0 radical (unpaired) electrons. The molecule has 0 bridgehead atoms. The van der Waals surface area contributed by atoms with Gasteiger partial charge in [-0.25, -0.2) is 9.97 Å². The van der Waals surface area contributed by atoms with Crippen molar-refractivity contribution in [2.24, 2.45) is 11.3 Å². The highest BCUT2D eigenvalue weighted by atomic mass is 32.2. The number of likely N-dealkylation sites (tertiary alicyclic amines) is 1. The van der Waals surface area contributed by atoms with Crippen molar-refractivity contribution in [3.05, 3.63) is 36.2 Å². The second kappa shape index (κ2) is 7.29. The van der Waals surface area contributed by atoms with E-state index >= 15 is 0 Å². The number of aromatic nitrogens is 2. The molecule has 6 nitrogen and oxygen atoms in total. The summed E-state index contributed by atoms with van der Waals surface area (Å²) in [4.78, 5) is 24.3. The van der Waals surface area contributed by atoms with Crippen LogP contribution in [0, 0.1) is 11.3 Å². The van der Waals surface area contributed by atoms with Gasteiger partial charge in [0.1, 0.15) is 5.03 Å². The van der Waals surface area contributed by atoms with Crippen molar-refractivity contribution < 1.29 is 9.53 Å². The normalized spacial score (nSPS) is 28.1. The summed E-state index contributed by atoms with van der Waals surface area (Å²) < 4.78 is 4.92. The Morgan fingerprint density at radius 3 is 2.93 bits per heavy atom. The van der Waals surface area contributed by atoms with Gasteiger partial charge < -0.3 is 10.1 Å². The van der Waals surface area contributed by atoms with Crippen LogP contribution in [0.3, 0.4) is 0 Å². The molecule has 1 aliphatic carbocycles. The van der Waals surface area contributed by atoms with Gasteiger partial charge in [-0.2, -0.15) is 0 Å². The first-order valence-corrected chi connectivity index (χ1v) is 11.1. The third-order valence-corrected chi connectivity index (χ3v) is 7.80. The van der Waals surface area contributed by atoms with Crippen molar-refractivity contribution in [3.8, 4) is 0 Å². The third kappa shape index (κ3) is 3.51. The number of anilines is 2. The van der Waals surface area contributed by atoms with E-state index in [2.05, 4.69) is 45.3 Å². The lowest BCUT2D eigenvalue weighted by molar-refractivity contribution is -0.157. The molecule has 1 saturated heterocycles. The first-order chi connectivity index (χ1) is 14.0. The number of piperidine rings is 1.